The van der Waals surface area contributed by atoms with Gasteiger partial charge in [-0.2, -0.15) is 21.6 Å². The first-order valence-electron chi connectivity index (χ1n) is 4.81. The lowest BCUT2D eigenvalue weighted by molar-refractivity contribution is -0.113. The van der Waals surface area contributed by atoms with Crippen LogP contribution in [0.5, 0.6) is 5.75 Å². The average molecular weight is 421 g/mol. The number of carbonyl (C=O) groups is 1. The van der Waals surface area contributed by atoms with E-state index in [1.807, 2.05) is 22.6 Å². The molecule has 110 valence electrons. The smallest absolute Gasteiger partial charge is 0.375 e. The summed E-state index contributed by atoms with van der Waals surface area (Å²) in [5.41, 5.74) is -0.707. The summed E-state index contributed by atoms with van der Waals surface area (Å²) in [7, 11) is -5.78. The molecule has 1 amide bonds. The lowest BCUT2D eigenvalue weighted by Gasteiger charge is -2.11. The lowest BCUT2D eigenvalue weighted by Crippen LogP contribution is -2.28. The number of hydrogen-bond acceptors (Lipinski definition) is 4. The van der Waals surface area contributed by atoms with Crippen LogP contribution in [-0.4, -0.2) is 19.8 Å². The van der Waals surface area contributed by atoms with Crippen molar-refractivity contribution in [2.24, 2.45) is 5.73 Å². The molecule has 1 rings (SSSR count). The second-order valence-electron chi connectivity index (χ2n) is 3.40. The molecule has 0 aromatic heterocycles. The van der Waals surface area contributed by atoms with Crippen molar-refractivity contribution in [1.29, 1.82) is 0 Å². The molecule has 1 aromatic carbocycles. The van der Waals surface area contributed by atoms with Gasteiger partial charge < -0.3 is 9.92 Å². The van der Waals surface area contributed by atoms with Crippen LogP contribution < -0.4 is 9.92 Å². The Morgan fingerprint density at radius 2 is 1.95 bits per heavy atom. The Morgan fingerprint density at radius 3 is 2.45 bits per heavy atom. The molecular weight excluding hydrogens is 414 g/mol. The van der Waals surface area contributed by atoms with Gasteiger partial charge in [0.15, 0.2) is 0 Å². The molecule has 10 heteroatoms. The molecular formula is C10H7F3INO4S. The van der Waals surface area contributed by atoms with Crippen molar-refractivity contribution in [2.75, 3.05) is 0 Å². The van der Waals surface area contributed by atoms with Gasteiger partial charge in [-0.25, -0.2) is 0 Å². The van der Waals surface area contributed by atoms with E-state index in [-0.39, 0.29) is 5.56 Å². The van der Waals surface area contributed by atoms with E-state index in [0.717, 1.165) is 18.2 Å². The van der Waals surface area contributed by atoms with Crippen LogP contribution >= 0.6 is 22.6 Å². The van der Waals surface area contributed by atoms with E-state index in [0.29, 0.717) is 3.57 Å². The number of amides is 1. The second kappa shape index (κ2) is 5.99. The first-order chi connectivity index (χ1) is 9.03. The maximum absolute atomic E-state index is 12.2. The fourth-order valence-electron chi connectivity index (χ4n) is 1.06. The number of benzene rings is 1. The molecule has 0 saturated carbocycles. The van der Waals surface area contributed by atoms with E-state index in [9.17, 15) is 26.4 Å². The maximum Gasteiger partial charge on any atom is 0.534 e. The molecule has 5 nitrogen and oxygen atoms in total. The molecule has 0 unspecified atom stereocenters. The maximum atomic E-state index is 12.2. The highest BCUT2D eigenvalue weighted by Gasteiger charge is 2.48. The van der Waals surface area contributed by atoms with Crippen molar-refractivity contribution in [3.63, 3.8) is 0 Å². The van der Waals surface area contributed by atoms with Gasteiger partial charge in [0.1, 0.15) is 5.75 Å². The van der Waals surface area contributed by atoms with E-state index in [2.05, 4.69) is 4.18 Å². The van der Waals surface area contributed by atoms with E-state index in [4.69, 9.17) is 5.73 Å². The zero-order valence-electron chi connectivity index (χ0n) is 9.52. The number of halogens is 4. The summed E-state index contributed by atoms with van der Waals surface area (Å²) in [5, 5.41) is 0. The summed E-state index contributed by atoms with van der Waals surface area (Å²) in [6.45, 7) is 0. The highest BCUT2D eigenvalue weighted by atomic mass is 127. The number of alkyl halides is 3. The van der Waals surface area contributed by atoms with Crippen LogP contribution in [0.3, 0.4) is 0 Å². The van der Waals surface area contributed by atoms with Crippen molar-refractivity contribution in [3.8, 4) is 5.75 Å². The molecule has 0 spiro atoms. The Morgan fingerprint density at radius 1 is 1.35 bits per heavy atom. The van der Waals surface area contributed by atoms with Gasteiger partial charge >= 0.3 is 15.6 Å². The van der Waals surface area contributed by atoms with Crippen molar-refractivity contribution in [1.82, 2.24) is 0 Å². The summed E-state index contributed by atoms with van der Waals surface area (Å²) < 4.78 is 63.2. The fourth-order valence-corrected chi connectivity index (χ4v) is 2.06. The van der Waals surface area contributed by atoms with Gasteiger partial charge in [-0.05, 0) is 46.9 Å². The SMILES string of the molecule is NC(=O)C=Cc1cc(I)ccc1OS(=O)(=O)C(F)(F)F. The third-order valence-corrected chi connectivity index (χ3v) is 3.52. The Bertz CT molecular complexity index is 655. The molecule has 20 heavy (non-hydrogen) atoms. The molecule has 0 bridgehead atoms. The summed E-state index contributed by atoms with van der Waals surface area (Å²) in [4.78, 5) is 10.6. The number of nitrogens with two attached hydrogens (primary N) is 1. The molecule has 0 aliphatic carbocycles. The van der Waals surface area contributed by atoms with E-state index in [1.54, 1.807) is 0 Å². The average Bonchev–Trinajstić information content (AvgIpc) is 2.27. The number of primary amides is 1. The zero-order valence-corrected chi connectivity index (χ0v) is 12.5. The monoisotopic (exact) mass is 421 g/mol. The van der Waals surface area contributed by atoms with Crippen molar-refractivity contribution in [2.45, 2.75) is 5.51 Å². The summed E-state index contributed by atoms with van der Waals surface area (Å²) in [6, 6.07) is 3.73. The predicted molar refractivity (Wildman–Crippen MR) is 73.0 cm³/mol. The Balaban J connectivity index is 3.23. The molecule has 0 atom stereocenters. The predicted octanol–water partition coefficient (Wildman–Crippen LogP) is 2.02. The van der Waals surface area contributed by atoms with Gasteiger partial charge in [0.25, 0.3) is 0 Å². The van der Waals surface area contributed by atoms with Crippen molar-refractivity contribution >= 4 is 44.7 Å². The molecule has 0 saturated heterocycles. The van der Waals surface area contributed by atoms with E-state index in [1.165, 1.54) is 12.1 Å². The Hall–Kier alpha value is -1.30. The van der Waals surface area contributed by atoms with E-state index < -0.39 is 27.3 Å². The van der Waals surface area contributed by atoms with Crippen molar-refractivity contribution < 1.29 is 30.6 Å². The molecule has 0 radical (unpaired) electrons. The van der Waals surface area contributed by atoms with Gasteiger partial charge in [-0.1, -0.05) is 0 Å². The zero-order chi connectivity index (χ0) is 15.6. The minimum atomic E-state index is -5.78. The molecule has 0 aliphatic heterocycles. The lowest BCUT2D eigenvalue weighted by atomic mass is 10.2. The van der Waals surface area contributed by atoms with Gasteiger partial charge in [-0.3, -0.25) is 4.79 Å². The van der Waals surface area contributed by atoms with Crippen molar-refractivity contribution in [3.05, 3.63) is 33.4 Å². The van der Waals surface area contributed by atoms with Gasteiger partial charge in [0.2, 0.25) is 5.91 Å². The van der Waals surface area contributed by atoms with Crippen LogP contribution in [-0.2, 0) is 14.9 Å². The number of hydrogen-bond donors (Lipinski definition) is 1. The van der Waals surface area contributed by atoms with E-state index >= 15 is 0 Å². The number of rotatable bonds is 4. The summed E-state index contributed by atoms with van der Waals surface area (Å²) in [5.74, 6) is -1.39. The minimum absolute atomic E-state index is 0.0245. The van der Waals surface area contributed by atoms with Gasteiger partial charge in [0.05, 0.1) is 0 Å². The van der Waals surface area contributed by atoms with Crippen LogP contribution in [0, 0.1) is 3.57 Å². The topological polar surface area (TPSA) is 86.5 Å². The third-order valence-electron chi connectivity index (χ3n) is 1.88. The van der Waals surface area contributed by atoms with Crippen LogP contribution in [0.1, 0.15) is 5.56 Å². The third kappa shape index (κ3) is 4.37. The summed E-state index contributed by atoms with van der Waals surface area (Å²) >= 11 is 1.86. The highest BCUT2D eigenvalue weighted by Crippen LogP contribution is 2.30. The van der Waals surface area contributed by atoms with Gasteiger partial charge in [-0.15, -0.1) is 0 Å². The normalized spacial score (nSPS) is 12.6. The van der Waals surface area contributed by atoms with Crippen LogP contribution in [0.15, 0.2) is 24.3 Å². The van der Waals surface area contributed by atoms with Crippen LogP contribution in [0.2, 0.25) is 0 Å². The first-order valence-corrected chi connectivity index (χ1v) is 7.29. The molecule has 0 fully saturated rings. The highest BCUT2D eigenvalue weighted by molar-refractivity contribution is 14.1. The fraction of sp³-hybridized carbons (Fsp3) is 0.100. The molecule has 2 N–H and O–H groups in total. The van der Waals surface area contributed by atoms with Crippen LogP contribution in [0.25, 0.3) is 6.08 Å². The first kappa shape index (κ1) is 16.8. The number of carbonyl (C=O) groups excluding carboxylic acids is 1. The molecule has 1 aromatic rings. The van der Waals surface area contributed by atoms with Gasteiger partial charge in [0, 0.05) is 15.2 Å². The largest absolute Gasteiger partial charge is 0.534 e. The standard InChI is InChI=1S/C10H7F3INO4S/c11-10(12,13)20(17,18)19-8-3-2-7(14)5-6(8)1-4-9(15)16/h1-5H,(H2,15,16). The quantitative estimate of drug-likeness (QED) is 0.349. The van der Waals surface area contributed by atoms with Crippen LogP contribution in [0.4, 0.5) is 13.2 Å². The summed E-state index contributed by atoms with van der Waals surface area (Å²) in [6.07, 6.45) is 1.93. The Kier molecular flexibility index (Phi) is 5.02. The molecule has 0 heterocycles. The minimum Gasteiger partial charge on any atom is -0.375 e. The Labute approximate surface area is 125 Å². The second-order valence-corrected chi connectivity index (χ2v) is 6.18. The molecule has 0 aliphatic rings.